The van der Waals surface area contributed by atoms with E-state index < -0.39 is 7.82 Å². The fraction of sp³-hybridized carbons (Fsp3) is 0.889. The van der Waals surface area contributed by atoms with Crippen LogP contribution in [0.25, 0.3) is 0 Å². The molecule has 0 saturated heterocycles. The van der Waals surface area contributed by atoms with E-state index in [-0.39, 0.29) is 38.6 Å². The van der Waals surface area contributed by atoms with Crippen molar-refractivity contribution in [3.8, 4) is 6.07 Å². The van der Waals surface area contributed by atoms with Gasteiger partial charge in [0.05, 0.1) is 72.0 Å². The van der Waals surface area contributed by atoms with Gasteiger partial charge in [0.15, 0.2) is 0 Å². The van der Waals surface area contributed by atoms with Gasteiger partial charge in [-0.25, -0.2) is 4.57 Å². The van der Waals surface area contributed by atoms with E-state index in [0.29, 0.717) is 52.4 Å². The zero-order valence-electron chi connectivity index (χ0n) is 17.3. The summed E-state index contributed by atoms with van der Waals surface area (Å²) in [5.41, 5.74) is 5.30. The Balaban J connectivity index is 3.88. The second kappa shape index (κ2) is 20.4. The number of hydrogen-bond donors (Lipinski definition) is 1. The Morgan fingerprint density at radius 2 is 1.38 bits per heavy atom. The van der Waals surface area contributed by atoms with Crippen LogP contribution in [0.2, 0.25) is 0 Å². The number of Topliss-reactive ketones (excluding diaryl/α,β-unsaturated/α-hetero) is 1. The summed E-state index contributed by atoms with van der Waals surface area (Å²) >= 11 is 0. The number of unbranched alkanes of at least 4 members (excludes halogenated alkanes) is 2. The van der Waals surface area contributed by atoms with E-state index in [0.717, 1.165) is 12.8 Å². The van der Waals surface area contributed by atoms with Gasteiger partial charge < -0.3 is 24.7 Å². The second-order valence-electron chi connectivity index (χ2n) is 5.99. The summed E-state index contributed by atoms with van der Waals surface area (Å²) in [5.74, 6) is 0.144. The molecular weight excluding hydrogens is 403 g/mol. The Morgan fingerprint density at radius 3 is 1.97 bits per heavy atom. The molecule has 0 heterocycles. The average Bonchev–Trinajstić information content (AvgIpc) is 2.69. The molecule has 0 amide bonds. The molecule has 0 bridgehead atoms. The van der Waals surface area contributed by atoms with E-state index >= 15 is 0 Å². The molecule has 1 atom stereocenters. The lowest BCUT2D eigenvalue weighted by Gasteiger charge is -2.17. The molecular formula is C18H35N2O8P. The zero-order chi connectivity index (χ0) is 21.6. The molecule has 29 heavy (non-hydrogen) atoms. The summed E-state index contributed by atoms with van der Waals surface area (Å²) in [4.78, 5) is 10.9. The number of hydrogen-bond acceptors (Lipinski definition) is 10. The number of nitrogens with zero attached hydrogens (tertiary/aromatic N) is 1. The van der Waals surface area contributed by atoms with Crippen molar-refractivity contribution in [1.29, 1.82) is 5.26 Å². The number of carbonyl (C=O) groups excluding carboxylic acids is 1. The Morgan fingerprint density at radius 1 is 0.828 bits per heavy atom. The highest BCUT2D eigenvalue weighted by Gasteiger charge is 2.26. The molecule has 0 aromatic carbocycles. The quantitative estimate of drug-likeness (QED) is 0.198. The van der Waals surface area contributed by atoms with Crippen LogP contribution in [0.3, 0.4) is 0 Å². The fourth-order valence-corrected chi connectivity index (χ4v) is 3.17. The normalized spacial score (nSPS) is 13.1. The van der Waals surface area contributed by atoms with E-state index in [1.54, 1.807) is 6.92 Å². The first-order valence-corrected chi connectivity index (χ1v) is 11.3. The number of ketones is 1. The van der Waals surface area contributed by atoms with Crippen molar-refractivity contribution in [3.05, 3.63) is 0 Å². The van der Waals surface area contributed by atoms with Gasteiger partial charge in [0.2, 0.25) is 0 Å². The number of carbonyl (C=O) groups is 1. The van der Waals surface area contributed by atoms with Gasteiger partial charge in [-0.05, 0) is 19.8 Å². The van der Waals surface area contributed by atoms with Gasteiger partial charge in [-0.15, -0.1) is 0 Å². The SMILES string of the molecule is CC(=O)CCCCCOP(=O)(OCCC#N)OCCOCCOCCOCCN. The standard InChI is InChI=1S/C18H35N2O8P/c1-18(21)6-3-2-4-9-26-29(22,27-10-5-7-19)28-17-16-25-15-14-24-13-12-23-11-8-20/h2-6,8-17,20H2,1H3. The number of phosphoric ester groups is 1. The highest BCUT2D eigenvalue weighted by Crippen LogP contribution is 2.49. The van der Waals surface area contributed by atoms with Crippen molar-refractivity contribution in [3.63, 3.8) is 0 Å². The summed E-state index contributed by atoms with van der Waals surface area (Å²) in [7, 11) is -3.75. The summed E-state index contributed by atoms with van der Waals surface area (Å²) in [6.45, 7) is 4.60. The Bertz CT molecular complexity index is 487. The van der Waals surface area contributed by atoms with Crippen LogP contribution in [-0.2, 0) is 37.1 Å². The monoisotopic (exact) mass is 438 g/mol. The van der Waals surface area contributed by atoms with Crippen molar-refractivity contribution < 1.29 is 37.1 Å². The van der Waals surface area contributed by atoms with Crippen molar-refractivity contribution in [2.45, 2.75) is 39.0 Å². The molecule has 0 fully saturated rings. The van der Waals surface area contributed by atoms with Crippen LogP contribution in [0.1, 0.15) is 39.0 Å². The number of rotatable bonds is 22. The molecule has 10 nitrogen and oxygen atoms in total. The lowest BCUT2D eigenvalue weighted by Crippen LogP contribution is -2.14. The molecule has 0 rings (SSSR count). The molecule has 0 aliphatic rings. The minimum absolute atomic E-state index is 0.0216. The third kappa shape index (κ3) is 20.2. The van der Waals surface area contributed by atoms with Gasteiger partial charge in [-0.1, -0.05) is 6.42 Å². The van der Waals surface area contributed by atoms with Gasteiger partial charge in [-0.3, -0.25) is 13.6 Å². The Kier molecular flexibility index (Phi) is 19.8. The van der Waals surface area contributed by atoms with E-state index in [9.17, 15) is 9.36 Å². The summed E-state index contributed by atoms with van der Waals surface area (Å²) in [5, 5.41) is 8.58. The van der Waals surface area contributed by atoms with Crippen LogP contribution in [0.15, 0.2) is 0 Å². The van der Waals surface area contributed by atoms with Gasteiger partial charge >= 0.3 is 7.82 Å². The average molecular weight is 438 g/mol. The van der Waals surface area contributed by atoms with Crippen LogP contribution in [-0.4, -0.2) is 71.8 Å². The van der Waals surface area contributed by atoms with Gasteiger partial charge in [0, 0.05) is 13.0 Å². The predicted octanol–water partition coefficient (Wildman–Crippen LogP) is 2.22. The predicted molar refractivity (Wildman–Crippen MR) is 106 cm³/mol. The minimum Gasteiger partial charge on any atom is -0.378 e. The molecule has 0 aromatic heterocycles. The van der Waals surface area contributed by atoms with Gasteiger partial charge in [-0.2, -0.15) is 5.26 Å². The summed E-state index contributed by atoms with van der Waals surface area (Å²) in [6, 6.07) is 1.90. The van der Waals surface area contributed by atoms with Crippen LogP contribution in [0.4, 0.5) is 0 Å². The number of nitriles is 1. The van der Waals surface area contributed by atoms with E-state index in [2.05, 4.69) is 0 Å². The topological polar surface area (TPSA) is 139 Å². The molecule has 2 N–H and O–H groups in total. The summed E-state index contributed by atoms with van der Waals surface area (Å²) < 4.78 is 44.0. The van der Waals surface area contributed by atoms with Crippen molar-refractivity contribution >= 4 is 13.6 Å². The minimum atomic E-state index is -3.75. The maximum Gasteiger partial charge on any atom is 0.474 e. The van der Waals surface area contributed by atoms with E-state index in [1.165, 1.54) is 0 Å². The first kappa shape index (κ1) is 28.1. The molecule has 11 heteroatoms. The van der Waals surface area contributed by atoms with Crippen molar-refractivity contribution in [2.24, 2.45) is 5.73 Å². The molecule has 170 valence electrons. The molecule has 0 aliphatic carbocycles. The Labute approximate surface area is 173 Å². The fourth-order valence-electron chi connectivity index (χ4n) is 1.98. The van der Waals surface area contributed by atoms with Crippen LogP contribution < -0.4 is 5.73 Å². The zero-order valence-corrected chi connectivity index (χ0v) is 18.2. The largest absolute Gasteiger partial charge is 0.474 e. The first-order chi connectivity index (χ1) is 14.0. The van der Waals surface area contributed by atoms with Gasteiger partial charge in [0.25, 0.3) is 0 Å². The second-order valence-corrected chi connectivity index (χ2v) is 7.66. The number of phosphoric acid groups is 1. The smallest absolute Gasteiger partial charge is 0.378 e. The lowest BCUT2D eigenvalue weighted by atomic mass is 10.1. The van der Waals surface area contributed by atoms with Crippen LogP contribution >= 0.6 is 7.82 Å². The van der Waals surface area contributed by atoms with Crippen molar-refractivity contribution in [2.75, 3.05) is 66.0 Å². The molecule has 0 saturated carbocycles. The van der Waals surface area contributed by atoms with Crippen LogP contribution in [0, 0.1) is 11.3 Å². The molecule has 0 spiro atoms. The highest BCUT2D eigenvalue weighted by atomic mass is 31.2. The number of nitrogens with two attached hydrogens (primary N) is 1. The molecule has 0 aliphatic heterocycles. The maximum absolute atomic E-state index is 12.6. The third-order valence-electron chi connectivity index (χ3n) is 3.37. The number of ether oxygens (including phenoxy) is 3. The molecule has 0 aromatic rings. The van der Waals surface area contributed by atoms with E-state index in [1.807, 2.05) is 6.07 Å². The van der Waals surface area contributed by atoms with E-state index in [4.69, 9.17) is 38.8 Å². The first-order valence-electron chi connectivity index (χ1n) is 9.87. The lowest BCUT2D eigenvalue weighted by molar-refractivity contribution is -0.117. The Hall–Kier alpha value is -0.890. The molecule has 1 unspecified atom stereocenters. The van der Waals surface area contributed by atoms with Crippen LogP contribution in [0.5, 0.6) is 0 Å². The molecule has 0 radical (unpaired) electrons. The highest BCUT2D eigenvalue weighted by molar-refractivity contribution is 7.48. The third-order valence-corrected chi connectivity index (χ3v) is 4.87. The van der Waals surface area contributed by atoms with Crippen molar-refractivity contribution in [1.82, 2.24) is 0 Å². The summed E-state index contributed by atoms with van der Waals surface area (Å²) in [6.07, 6.45) is 2.77. The van der Waals surface area contributed by atoms with Gasteiger partial charge in [0.1, 0.15) is 5.78 Å². The maximum atomic E-state index is 12.6.